The maximum Gasteiger partial charge on any atom is 0.374 e. The first-order valence-corrected chi connectivity index (χ1v) is 5.93. The lowest BCUT2D eigenvalue weighted by Gasteiger charge is -2.24. The van der Waals surface area contributed by atoms with E-state index in [2.05, 4.69) is 15.6 Å². The Balaban J connectivity index is 1.94. The second kappa shape index (κ2) is 3.77. The lowest BCUT2D eigenvalue weighted by Crippen LogP contribution is -2.26. The number of nitrogens with zero attached hydrogens (tertiary/aromatic N) is 1. The molecule has 0 amide bonds. The van der Waals surface area contributed by atoms with E-state index in [0.29, 0.717) is 17.9 Å². The number of rotatable bonds is 2. The molecule has 0 aromatic carbocycles. The largest absolute Gasteiger partial charge is 0.475 e. The number of aromatic nitrogens is 1. The van der Waals surface area contributed by atoms with Crippen molar-refractivity contribution in [2.75, 3.05) is 17.2 Å². The Bertz CT molecular complexity index is 549. The van der Waals surface area contributed by atoms with Crippen LogP contribution in [0, 0.1) is 0 Å². The average Bonchev–Trinajstić information content (AvgIpc) is 2.97. The number of furan rings is 1. The molecule has 1 unspecified atom stereocenters. The summed E-state index contributed by atoms with van der Waals surface area (Å²) in [6.07, 6.45) is 1.41. The lowest BCUT2D eigenvalue weighted by molar-refractivity contribution is 0.0664. The molecule has 1 aliphatic rings. The first-order chi connectivity index (χ1) is 8.25. The van der Waals surface area contributed by atoms with Crippen molar-refractivity contribution in [3.63, 3.8) is 0 Å². The molecular formula is C10H9N3O3S. The molecule has 7 heteroatoms. The SMILES string of the molecule is O=C(O)c1occ2c1NC(c1cscn1)CN2. The number of thiazole rings is 1. The van der Waals surface area contributed by atoms with E-state index in [0.717, 1.165) is 5.69 Å². The van der Waals surface area contributed by atoms with E-state index in [1.807, 2.05) is 5.38 Å². The van der Waals surface area contributed by atoms with Crippen LogP contribution in [0.15, 0.2) is 21.6 Å². The van der Waals surface area contributed by atoms with Crippen LogP contribution in [-0.2, 0) is 0 Å². The number of hydrogen-bond donors (Lipinski definition) is 3. The van der Waals surface area contributed by atoms with E-state index >= 15 is 0 Å². The van der Waals surface area contributed by atoms with Crippen molar-refractivity contribution in [2.24, 2.45) is 0 Å². The van der Waals surface area contributed by atoms with Crippen molar-refractivity contribution in [1.82, 2.24) is 4.98 Å². The number of hydrogen-bond acceptors (Lipinski definition) is 6. The van der Waals surface area contributed by atoms with Crippen LogP contribution in [0.2, 0.25) is 0 Å². The van der Waals surface area contributed by atoms with Gasteiger partial charge >= 0.3 is 5.97 Å². The van der Waals surface area contributed by atoms with Gasteiger partial charge in [-0.2, -0.15) is 0 Å². The second-order valence-corrected chi connectivity index (χ2v) is 4.37. The molecular weight excluding hydrogens is 242 g/mol. The summed E-state index contributed by atoms with van der Waals surface area (Å²) in [6, 6.07) is -0.0375. The van der Waals surface area contributed by atoms with Crippen LogP contribution in [0.5, 0.6) is 0 Å². The molecule has 1 aliphatic heterocycles. The van der Waals surface area contributed by atoms with Crippen molar-refractivity contribution in [2.45, 2.75) is 6.04 Å². The number of anilines is 2. The van der Waals surface area contributed by atoms with Gasteiger partial charge in [-0.15, -0.1) is 11.3 Å². The average molecular weight is 251 g/mol. The van der Waals surface area contributed by atoms with E-state index in [9.17, 15) is 4.79 Å². The van der Waals surface area contributed by atoms with Gasteiger partial charge in [-0.25, -0.2) is 9.78 Å². The van der Waals surface area contributed by atoms with Crippen LogP contribution in [0.1, 0.15) is 22.3 Å². The zero-order valence-electron chi connectivity index (χ0n) is 8.64. The van der Waals surface area contributed by atoms with Gasteiger partial charge in [0.15, 0.2) is 0 Å². The van der Waals surface area contributed by atoms with Crippen LogP contribution < -0.4 is 10.6 Å². The van der Waals surface area contributed by atoms with Crippen LogP contribution >= 0.6 is 11.3 Å². The zero-order chi connectivity index (χ0) is 11.8. The molecule has 17 heavy (non-hydrogen) atoms. The predicted molar refractivity (Wildman–Crippen MR) is 62.6 cm³/mol. The third-order valence-electron chi connectivity index (χ3n) is 2.61. The molecule has 0 radical (unpaired) electrons. The molecule has 88 valence electrons. The molecule has 1 atom stereocenters. The standard InChI is InChI=1S/C10H9N3O3S/c14-10(15)9-8-6(2-16-9)11-1-5(13-8)7-3-17-4-12-7/h2-5,11,13H,1H2,(H,14,15). The van der Waals surface area contributed by atoms with Crippen molar-refractivity contribution in [3.05, 3.63) is 28.6 Å². The van der Waals surface area contributed by atoms with Gasteiger partial charge in [0.1, 0.15) is 12.0 Å². The molecule has 0 spiro atoms. The first-order valence-electron chi connectivity index (χ1n) is 4.99. The minimum Gasteiger partial charge on any atom is -0.475 e. The minimum absolute atomic E-state index is 0.0375. The van der Waals surface area contributed by atoms with Crippen molar-refractivity contribution < 1.29 is 14.3 Å². The van der Waals surface area contributed by atoms with Crippen molar-refractivity contribution >= 4 is 28.7 Å². The van der Waals surface area contributed by atoms with E-state index in [-0.39, 0.29) is 11.8 Å². The summed E-state index contributed by atoms with van der Waals surface area (Å²) in [7, 11) is 0. The molecule has 2 aromatic heterocycles. The summed E-state index contributed by atoms with van der Waals surface area (Å²) >= 11 is 1.51. The van der Waals surface area contributed by atoms with Crippen molar-refractivity contribution in [1.29, 1.82) is 0 Å². The van der Waals surface area contributed by atoms with Gasteiger partial charge in [0, 0.05) is 11.9 Å². The summed E-state index contributed by atoms with van der Waals surface area (Å²) in [5.74, 6) is -1.16. The summed E-state index contributed by atoms with van der Waals surface area (Å²) in [4.78, 5) is 15.2. The molecule has 3 rings (SSSR count). The van der Waals surface area contributed by atoms with Gasteiger partial charge < -0.3 is 20.2 Å². The highest BCUT2D eigenvalue weighted by Gasteiger charge is 2.27. The second-order valence-electron chi connectivity index (χ2n) is 3.65. The fourth-order valence-corrected chi connectivity index (χ4v) is 2.41. The van der Waals surface area contributed by atoms with Crippen LogP contribution in [0.3, 0.4) is 0 Å². The monoisotopic (exact) mass is 251 g/mol. The Labute approximate surface area is 100 Å². The highest BCUT2D eigenvalue weighted by molar-refractivity contribution is 7.07. The van der Waals surface area contributed by atoms with E-state index < -0.39 is 5.97 Å². The van der Waals surface area contributed by atoms with E-state index in [1.54, 1.807) is 5.51 Å². The molecule has 0 saturated carbocycles. The van der Waals surface area contributed by atoms with Gasteiger partial charge in [-0.1, -0.05) is 0 Å². The normalized spacial score (nSPS) is 18.0. The van der Waals surface area contributed by atoms with Crippen LogP contribution in [0.4, 0.5) is 11.4 Å². The number of carboxylic acids is 1. The maximum absolute atomic E-state index is 11.0. The Morgan fingerprint density at radius 1 is 1.65 bits per heavy atom. The molecule has 0 fully saturated rings. The number of nitrogens with one attached hydrogen (secondary N) is 2. The maximum atomic E-state index is 11.0. The van der Waals surface area contributed by atoms with Gasteiger partial charge in [-0.3, -0.25) is 0 Å². The topological polar surface area (TPSA) is 87.4 Å². The molecule has 2 aromatic rings. The lowest BCUT2D eigenvalue weighted by atomic mass is 10.1. The van der Waals surface area contributed by atoms with Gasteiger partial charge in [0.2, 0.25) is 5.76 Å². The molecule has 0 aliphatic carbocycles. The van der Waals surface area contributed by atoms with Crippen molar-refractivity contribution in [3.8, 4) is 0 Å². The van der Waals surface area contributed by atoms with E-state index in [4.69, 9.17) is 9.52 Å². The quantitative estimate of drug-likeness (QED) is 0.756. The highest BCUT2D eigenvalue weighted by Crippen LogP contribution is 2.35. The van der Waals surface area contributed by atoms with Gasteiger partial charge in [0.05, 0.1) is 22.9 Å². The van der Waals surface area contributed by atoms with Crippen LogP contribution in [0.25, 0.3) is 0 Å². The first kappa shape index (κ1) is 10.2. The minimum atomic E-state index is -1.08. The summed E-state index contributed by atoms with van der Waals surface area (Å²) < 4.78 is 5.00. The third kappa shape index (κ3) is 1.64. The fraction of sp³-hybridized carbons (Fsp3) is 0.200. The Morgan fingerprint density at radius 3 is 3.24 bits per heavy atom. The zero-order valence-corrected chi connectivity index (χ0v) is 9.45. The Kier molecular flexibility index (Phi) is 2.25. The molecule has 0 bridgehead atoms. The number of carbonyl (C=O) groups is 1. The Morgan fingerprint density at radius 2 is 2.53 bits per heavy atom. The molecule has 0 saturated heterocycles. The number of carboxylic acid groups (broad SMARTS) is 1. The Hall–Kier alpha value is -2.02. The summed E-state index contributed by atoms with van der Waals surface area (Å²) in [6.45, 7) is 0.648. The number of aromatic carboxylic acids is 1. The highest BCUT2D eigenvalue weighted by atomic mass is 32.1. The smallest absolute Gasteiger partial charge is 0.374 e. The predicted octanol–water partition coefficient (Wildman–Crippen LogP) is 2.01. The van der Waals surface area contributed by atoms with Gasteiger partial charge in [0.25, 0.3) is 0 Å². The fourth-order valence-electron chi connectivity index (χ4n) is 1.80. The molecule has 3 heterocycles. The molecule has 6 nitrogen and oxygen atoms in total. The summed E-state index contributed by atoms with van der Waals surface area (Å²) in [5, 5.41) is 17.2. The number of fused-ring (bicyclic) bond motifs is 1. The molecule has 3 N–H and O–H groups in total. The van der Waals surface area contributed by atoms with Gasteiger partial charge in [-0.05, 0) is 0 Å². The van der Waals surface area contributed by atoms with Crippen LogP contribution in [-0.4, -0.2) is 22.6 Å². The summed E-state index contributed by atoms with van der Waals surface area (Å²) in [5.41, 5.74) is 3.81. The van der Waals surface area contributed by atoms with E-state index in [1.165, 1.54) is 17.6 Å². The third-order valence-corrected chi connectivity index (χ3v) is 3.21.